The van der Waals surface area contributed by atoms with E-state index in [4.69, 9.17) is 0 Å². The fourth-order valence-corrected chi connectivity index (χ4v) is 1.67. The second-order valence-corrected chi connectivity index (χ2v) is 4.64. The van der Waals surface area contributed by atoms with Crippen LogP contribution in [-0.4, -0.2) is 0 Å². The lowest BCUT2D eigenvalue weighted by Gasteiger charge is -2.12. The highest BCUT2D eigenvalue weighted by atomic mass is 14.1. The van der Waals surface area contributed by atoms with Crippen molar-refractivity contribution in [3.8, 4) is 0 Å². The van der Waals surface area contributed by atoms with Crippen molar-refractivity contribution in [2.45, 2.75) is 46.5 Å². The normalized spacial score (nSPS) is 22.2. The SMILES string of the molecule is CC(C)CCCC1=CCC(C)C=C1. The zero-order chi connectivity index (χ0) is 9.68. The number of hydrogen-bond acceptors (Lipinski definition) is 0. The van der Waals surface area contributed by atoms with Crippen molar-refractivity contribution in [3.63, 3.8) is 0 Å². The summed E-state index contributed by atoms with van der Waals surface area (Å²) in [6, 6.07) is 0. The molecule has 0 spiro atoms. The molecule has 74 valence electrons. The molecule has 13 heavy (non-hydrogen) atoms. The Morgan fingerprint density at radius 2 is 2.23 bits per heavy atom. The molecule has 0 aromatic rings. The first-order valence-electron chi connectivity index (χ1n) is 5.55. The maximum atomic E-state index is 2.41. The first kappa shape index (κ1) is 10.6. The van der Waals surface area contributed by atoms with Gasteiger partial charge in [0.1, 0.15) is 0 Å². The molecule has 0 heterocycles. The molecule has 1 atom stereocenters. The van der Waals surface area contributed by atoms with Crippen molar-refractivity contribution in [2.24, 2.45) is 11.8 Å². The van der Waals surface area contributed by atoms with Crippen LogP contribution in [0.4, 0.5) is 0 Å². The van der Waals surface area contributed by atoms with Crippen LogP contribution in [0.3, 0.4) is 0 Å². The first-order valence-corrected chi connectivity index (χ1v) is 5.55. The summed E-state index contributed by atoms with van der Waals surface area (Å²) < 4.78 is 0. The van der Waals surface area contributed by atoms with Crippen LogP contribution in [0.15, 0.2) is 23.8 Å². The molecule has 0 heteroatoms. The Morgan fingerprint density at radius 3 is 2.77 bits per heavy atom. The van der Waals surface area contributed by atoms with Crippen LogP contribution in [0.1, 0.15) is 46.5 Å². The molecular weight excluding hydrogens is 156 g/mol. The molecule has 1 rings (SSSR count). The highest BCUT2D eigenvalue weighted by molar-refractivity contribution is 5.23. The van der Waals surface area contributed by atoms with Gasteiger partial charge in [0.05, 0.1) is 0 Å². The highest BCUT2D eigenvalue weighted by Crippen LogP contribution is 2.20. The van der Waals surface area contributed by atoms with Gasteiger partial charge in [-0.05, 0) is 31.1 Å². The number of allylic oxidation sites excluding steroid dienone is 4. The van der Waals surface area contributed by atoms with E-state index in [0.717, 1.165) is 11.8 Å². The minimum Gasteiger partial charge on any atom is -0.0811 e. The van der Waals surface area contributed by atoms with E-state index in [1.807, 2.05) is 0 Å². The largest absolute Gasteiger partial charge is 0.0811 e. The molecule has 1 aliphatic rings. The van der Waals surface area contributed by atoms with Gasteiger partial charge in [-0.3, -0.25) is 0 Å². The van der Waals surface area contributed by atoms with Gasteiger partial charge < -0.3 is 0 Å². The Kier molecular flexibility index (Phi) is 4.27. The summed E-state index contributed by atoms with van der Waals surface area (Å²) in [5, 5.41) is 0. The van der Waals surface area contributed by atoms with Gasteiger partial charge in [0.2, 0.25) is 0 Å². The Balaban J connectivity index is 2.19. The Bertz CT molecular complexity index is 196. The van der Waals surface area contributed by atoms with Crippen LogP contribution in [0.25, 0.3) is 0 Å². The average Bonchev–Trinajstić information content (AvgIpc) is 2.08. The molecule has 0 saturated carbocycles. The second-order valence-electron chi connectivity index (χ2n) is 4.64. The highest BCUT2D eigenvalue weighted by Gasteiger charge is 2.03. The van der Waals surface area contributed by atoms with Crippen molar-refractivity contribution in [2.75, 3.05) is 0 Å². The molecule has 1 aliphatic carbocycles. The van der Waals surface area contributed by atoms with Crippen molar-refractivity contribution in [1.29, 1.82) is 0 Å². The predicted octanol–water partition coefficient (Wildman–Crippen LogP) is 4.34. The molecule has 0 aromatic heterocycles. The maximum absolute atomic E-state index is 2.41. The van der Waals surface area contributed by atoms with E-state index < -0.39 is 0 Å². The lowest BCUT2D eigenvalue weighted by molar-refractivity contribution is 0.555. The molecule has 0 fully saturated rings. The Morgan fingerprint density at radius 1 is 1.46 bits per heavy atom. The monoisotopic (exact) mass is 178 g/mol. The third-order valence-corrected chi connectivity index (χ3v) is 2.64. The van der Waals surface area contributed by atoms with E-state index in [-0.39, 0.29) is 0 Å². The minimum absolute atomic E-state index is 0.758. The van der Waals surface area contributed by atoms with Gasteiger partial charge in [0.25, 0.3) is 0 Å². The van der Waals surface area contributed by atoms with Gasteiger partial charge in [-0.25, -0.2) is 0 Å². The second kappa shape index (κ2) is 5.26. The van der Waals surface area contributed by atoms with Gasteiger partial charge in [0, 0.05) is 0 Å². The number of rotatable bonds is 4. The van der Waals surface area contributed by atoms with Crippen LogP contribution < -0.4 is 0 Å². The van der Waals surface area contributed by atoms with Gasteiger partial charge in [0.15, 0.2) is 0 Å². The average molecular weight is 178 g/mol. The zero-order valence-corrected chi connectivity index (χ0v) is 9.22. The third-order valence-electron chi connectivity index (χ3n) is 2.64. The summed E-state index contributed by atoms with van der Waals surface area (Å²) >= 11 is 0. The smallest absolute Gasteiger partial charge is 0.0224 e. The molecule has 0 aliphatic heterocycles. The lowest BCUT2D eigenvalue weighted by Crippen LogP contribution is -1.95. The van der Waals surface area contributed by atoms with E-state index >= 15 is 0 Å². The van der Waals surface area contributed by atoms with E-state index in [1.54, 1.807) is 5.57 Å². The molecule has 1 unspecified atom stereocenters. The topological polar surface area (TPSA) is 0 Å². The van der Waals surface area contributed by atoms with Crippen LogP contribution in [0.5, 0.6) is 0 Å². The molecule has 0 nitrogen and oxygen atoms in total. The molecule has 0 bridgehead atoms. The summed E-state index contributed by atoms with van der Waals surface area (Å²) in [5.41, 5.74) is 1.55. The quantitative estimate of drug-likeness (QED) is 0.601. The summed E-state index contributed by atoms with van der Waals surface area (Å²) in [6.07, 6.45) is 12.3. The summed E-state index contributed by atoms with van der Waals surface area (Å²) in [6.45, 7) is 6.87. The molecule has 0 saturated heterocycles. The minimum atomic E-state index is 0.758. The van der Waals surface area contributed by atoms with Crippen molar-refractivity contribution >= 4 is 0 Å². The Hall–Kier alpha value is -0.520. The van der Waals surface area contributed by atoms with E-state index in [9.17, 15) is 0 Å². The van der Waals surface area contributed by atoms with Gasteiger partial charge in [-0.1, -0.05) is 51.0 Å². The lowest BCUT2D eigenvalue weighted by atomic mass is 9.94. The van der Waals surface area contributed by atoms with Crippen molar-refractivity contribution < 1.29 is 0 Å². The van der Waals surface area contributed by atoms with Crippen molar-refractivity contribution in [3.05, 3.63) is 23.8 Å². The molecule has 0 N–H and O–H groups in total. The third kappa shape index (κ3) is 4.31. The van der Waals surface area contributed by atoms with Crippen LogP contribution in [0, 0.1) is 11.8 Å². The Labute approximate surface area is 82.7 Å². The molecule has 0 radical (unpaired) electrons. The van der Waals surface area contributed by atoms with E-state index in [0.29, 0.717) is 0 Å². The van der Waals surface area contributed by atoms with Gasteiger partial charge in [-0.2, -0.15) is 0 Å². The van der Waals surface area contributed by atoms with Crippen molar-refractivity contribution in [1.82, 2.24) is 0 Å². The molecule has 0 amide bonds. The summed E-state index contributed by atoms with van der Waals surface area (Å²) in [5.74, 6) is 1.61. The van der Waals surface area contributed by atoms with Crippen LogP contribution >= 0.6 is 0 Å². The molecule has 0 aromatic carbocycles. The fourth-order valence-electron chi connectivity index (χ4n) is 1.67. The zero-order valence-electron chi connectivity index (χ0n) is 9.22. The molecular formula is C13H22. The van der Waals surface area contributed by atoms with Crippen LogP contribution in [-0.2, 0) is 0 Å². The maximum Gasteiger partial charge on any atom is -0.0224 e. The number of hydrogen-bond donors (Lipinski definition) is 0. The van der Waals surface area contributed by atoms with E-state index in [1.165, 1.54) is 25.7 Å². The van der Waals surface area contributed by atoms with E-state index in [2.05, 4.69) is 39.0 Å². The fraction of sp³-hybridized carbons (Fsp3) is 0.692. The first-order chi connectivity index (χ1) is 6.18. The predicted molar refractivity (Wildman–Crippen MR) is 59.7 cm³/mol. The standard InChI is InChI=1S/C13H22/c1-11(2)5-4-6-13-9-7-12(3)8-10-13/h7,9-12H,4-6,8H2,1-3H3. The summed E-state index contributed by atoms with van der Waals surface area (Å²) in [4.78, 5) is 0. The van der Waals surface area contributed by atoms with Crippen LogP contribution in [0.2, 0.25) is 0 Å². The summed E-state index contributed by atoms with van der Waals surface area (Å²) in [7, 11) is 0. The van der Waals surface area contributed by atoms with Gasteiger partial charge in [-0.15, -0.1) is 0 Å². The van der Waals surface area contributed by atoms with Gasteiger partial charge >= 0.3 is 0 Å².